The van der Waals surface area contributed by atoms with Crippen molar-refractivity contribution in [2.75, 3.05) is 11.3 Å². The minimum absolute atomic E-state index is 0.431. The average molecular weight is 271 g/mol. The summed E-state index contributed by atoms with van der Waals surface area (Å²) in [7, 11) is -3.30. The first-order chi connectivity index (χ1) is 8.31. The third-order valence-corrected chi connectivity index (χ3v) is 4.06. The van der Waals surface area contributed by atoms with Gasteiger partial charge in [-0.25, -0.2) is 8.42 Å². The molecule has 1 aromatic carbocycles. The molecule has 1 N–H and O–H groups in total. The molecular formula is C13H21NO3S. The average Bonchev–Trinajstić information content (AvgIpc) is 2.26. The Kier molecular flexibility index (Phi) is 5.02. The van der Waals surface area contributed by atoms with E-state index in [4.69, 9.17) is 4.74 Å². The maximum atomic E-state index is 11.7. The van der Waals surface area contributed by atoms with Crippen LogP contribution in [0.25, 0.3) is 0 Å². The Morgan fingerprint density at radius 2 is 1.89 bits per heavy atom. The van der Waals surface area contributed by atoms with Crippen molar-refractivity contribution < 1.29 is 13.2 Å². The minimum atomic E-state index is -3.30. The van der Waals surface area contributed by atoms with E-state index in [1.165, 1.54) is 0 Å². The minimum Gasteiger partial charge on any atom is -0.493 e. The van der Waals surface area contributed by atoms with Crippen LogP contribution < -0.4 is 9.46 Å². The van der Waals surface area contributed by atoms with Crippen LogP contribution in [-0.2, 0) is 10.0 Å². The lowest BCUT2D eigenvalue weighted by atomic mass is 10.2. The molecule has 0 saturated heterocycles. The van der Waals surface area contributed by atoms with E-state index in [1.54, 1.807) is 32.0 Å². The molecule has 1 aromatic rings. The monoisotopic (exact) mass is 271 g/mol. The topological polar surface area (TPSA) is 55.4 Å². The fraction of sp³-hybridized carbons (Fsp3) is 0.538. The first kappa shape index (κ1) is 14.8. The number of hydrogen-bond acceptors (Lipinski definition) is 3. The maximum Gasteiger partial charge on any atom is 0.235 e. The van der Waals surface area contributed by atoms with Gasteiger partial charge in [0.15, 0.2) is 0 Å². The highest BCUT2D eigenvalue weighted by Gasteiger charge is 2.15. The molecule has 0 amide bonds. The van der Waals surface area contributed by atoms with E-state index in [0.29, 0.717) is 24.0 Å². The lowest BCUT2D eigenvalue weighted by molar-refractivity contribution is 0.271. The third kappa shape index (κ3) is 4.56. The lowest BCUT2D eigenvalue weighted by Crippen LogP contribution is -2.22. The molecule has 0 atom stereocenters. The number of ether oxygens (including phenoxy) is 1. The summed E-state index contributed by atoms with van der Waals surface area (Å²) in [5.74, 6) is 1.11. The molecule has 0 aliphatic heterocycles. The second kappa shape index (κ2) is 6.09. The standard InChI is InChI=1S/C13H21NO3S/c1-10(2)9-17-13-7-5-6-12(8-13)14-18(15,16)11(3)4/h5-8,10-11,14H,9H2,1-4H3. The Hall–Kier alpha value is -1.23. The molecule has 0 aromatic heterocycles. The molecule has 102 valence electrons. The number of hydrogen-bond donors (Lipinski definition) is 1. The second-order valence-corrected chi connectivity index (χ2v) is 7.17. The molecule has 0 aliphatic carbocycles. The van der Waals surface area contributed by atoms with Crippen molar-refractivity contribution in [3.05, 3.63) is 24.3 Å². The van der Waals surface area contributed by atoms with Gasteiger partial charge < -0.3 is 4.74 Å². The Morgan fingerprint density at radius 1 is 1.22 bits per heavy atom. The van der Waals surface area contributed by atoms with E-state index in [2.05, 4.69) is 18.6 Å². The molecule has 0 spiro atoms. The van der Waals surface area contributed by atoms with E-state index < -0.39 is 15.3 Å². The van der Waals surface area contributed by atoms with Crippen LogP contribution in [0.1, 0.15) is 27.7 Å². The predicted molar refractivity (Wildman–Crippen MR) is 74.5 cm³/mol. The highest BCUT2D eigenvalue weighted by atomic mass is 32.2. The zero-order chi connectivity index (χ0) is 13.8. The van der Waals surface area contributed by atoms with E-state index in [0.717, 1.165) is 0 Å². The summed E-state index contributed by atoms with van der Waals surface area (Å²) in [6, 6.07) is 6.99. The normalized spacial score (nSPS) is 11.9. The van der Waals surface area contributed by atoms with Crippen LogP contribution in [0.3, 0.4) is 0 Å². The van der Waals surface area contributed by atoms with Crippen LogP contribution in [0.15, 0.2) is 24.3 Å². The van der Waals surface area contributed by atoms with Gasteiger partial charge in [-0.05, 0) is 31.9 Å². The van der Waals surface area contributed by atoms with Gasteiger partial charge in [-0.3, -0.25) is 4.72 Å². The number of rotatable bonds is 6. The van der Waals surface area contributed by atoms with Crippen molar-refractivity contribution in [2.45, 2.75) is 32.9 Å². The summed E-state index contributed by atoms with van der Waals surface area (Å²) in [6.07, 6.45) is 0. The van der Waals surface area contributed by atoms with E-state index in [9.17, 15) is 8.42 Å². The fourth-order valence-corrected chi connectivity index (χ4v) is 1.89. The summed E-state index contributed by atoms with van der Waals surface area (Å²) < 4.78 is 31.5. The first-order valence-corrected chi connectivity index (χ1v) is 7.60. The zero-order valence-electron chi connectivity index (χ0n) is 11.3. The molecule has 4 nitrogen and oxygen atoms in total. The second-order valence-electron chi connectivity index (χ2n) is 4.93. The summed E-state index contributed by atoms with van der Waals surface area (Å²) in [5, 5.41) is -0.460. The smallest absolute Gasteiger partial charge is 0.235 e. The summed E-state index contributed by atoms with van der Waals surface area (Å²) >= 11 is 0. The number of anilines is 1. The summed E-state index contributed by atoms with van der Waals surface area (Å²) in [6.45, 7) is 8.01. The predicted octanol–water partition coefficient (Wildman–Crippen LogP) is 2.87. The van der Waals surface area contributed by atoms with Gasteiger partial charge in [0.2, 0.25) is 10.0 Å². The van der Waals surface area contributed by atoms with Crippen LogP contribution in [0, 0.1) is 5.92 Å². The van der Waals surface area contributed by atoms with Crippen molar-refractivity contribution in [2.24, 2.45) is 5.92 Å². The number of sulfonamides is 1. The largest absolute Gasteiger partial charge is 0.493 e. The van der Waals surface area contributed by atoms with E-state index in [-0.39, 0.29) is 0 Å². The van der Waals surface area contributed by atoms with Gasteiger partial charge in [0.25, 0.3) is 0 Å². The molecule has 5 heteroatoms. The Labute approximate surface area is 109 Å². The molecule has 0 radical (unpaired) electrons. The SMILES string of the molecule is CC(C)COc1cccc(NS(=O)(=O)C(C)C)c1. The number of benzene rings is 1. The highest BCUT2D eigenvalue weighted by Crippen LogP contribution is 2.19. The zero-order valence-corrected chi connectivity index (χ0v) is 12.1. The summed E-state index contributed by atoms with van der Waals surface area (Å²) in [5.41, 5.74) is 0.532. The van der Waals surface area contributed by atoms with Gasteiger partial charge in [-0.1, -0.05) is 19.9 Å². The summed E-state index contributed by atoms with van der Waals surface area (Å²) in [4.78, 5) is 0. The molecule has 0 fully saturated rings. The quantitative estimate of drug-likeness (QED) is 0.865. The van der Waals surface area contributed by atoms with Gasteiger partial charge in [0.05, 0.1) is 17.5 Å². The van der Waals surface area contributed by atoms with E-state index in [1.807, 2.05) is 6.07 Å². The first-order valence-electron chi connectivity index (χ1n) is 6.05. The molecule has 1 rings (SSSR count). The Bertz CT molecular complexity index is 481. The van der Waals surface area contributed by atoms with Gasteiger partial charge in [-0.2, -0.15) is 0 Å². The van der Waals surface area contributed by atoms with Crippen LogP contribution in [0.2, 0.25) is 0 Å². The van der Waals surface area contributed by atoms with Gasteiger partial charge in [0, 0.05) is 6.07 Å². The Morgan fingerprint density at radius 3 is 2.44 bits per heavy atom. The van der Waals surface area contributed by atoms with Gasteiger partial charge in [-0.15, -0.1) is 0 Å². The number of nitrogens with one attached hydrogen (secondary N) is 1. The van der Waals surface area contributed by atoms with Crippen molar-refractivity contribution in [1.82, 2.24) is 0 Å². The van der Waals surface area contributed by atoms with Crippen LogP contribution in [0.5, 0.6) is 5.75 Å². The van der Waals surface area contributed by atoms with Crippen molar-refractivity contribution in [3.63, 3.8) is 0 Å². The third-order valence-electron chi connectivity index (χ3n) is 2.30. The van der Waals surface area contributed by atoms with Crippen LogP contribution >= 0.6 is 0 Å². The molecule has 0 heterocycles. The highest BCUT2D eigenvalue weighted by molar-refractivity contribution is 7.93. The maximum absolute atomic E-state index is 11.7. The van der Waals surface area contributed by atoms with Crippen molar-refractivity contribution in [3.8, 4) is 5.75 Å². The van der Waals surface area contributed by atoms with Gasteiger partial charge >= 0.3 is 0 Å². The van der Waals surface area contributed by atoms with Crippen molar-refractivity contribution >= 4 is 15.7 Å². The molecule has 0 unspecified atom stereocenters. The molecular weight excluding hydrogens is 250 g/mol. The van der Waals surface area contributed by atoms with Crippen LogP contribution in [0.4, 0.5) is 5.69 Å². The van der Waals surface area contributed by atoms with Crippen LogP contribution in [-0.4, -0.2) is 20.3 Å². The van der Waals surface area contributed by atoms with E-state index >= 15 is 0 Å². The van der Waals surface area contributed by atoms with Crippen molar-refractivity contribution in [1.29, 1.82) is 0 Å². The molecule has 0 saturated carbocycles. The van der Waals surface area contributed by atoms with Gasteiger partial charge in [0.1, 0.15) is 5.75 Å². The lowest BCUT2D eigenvalue weighted by Gasteiger charge is -2.13. The molecule has 0 aliphatic rings. The molecule has 18 heavy (non-hydrogen) atoms. The Balaban J connectivity index is 2.77. The molecule has 0 bridgehead atoms. The fourth-order valence-electron chi connectivity index (χ4n) is 1.19.